The van der Waals surface area contributed by atoms with Crippen molar-refractivity contribution in [1.82, 2.24) is 4.90 Å². The van der Waals surface area contributed by atoms with E-state index in [0.717, 1.165) is 5.56 Å². The van der Waals surface area contributed by atoms with Crippen LogP contribution in [0, 0.1) is 0 Å². The minimum Gasteiger partial charge on any atom is -0.496 e. The predicted octanol–water partition coefficient (Wildman–Crippen LogP) is 3.36. The first kappa shape index (κ1) is 17.5. The Balaban J connectivity index is 2.17. The molecule has 0 saturated heterocycles. The number of nitrogens with zero attached hydrogens (tertiary/aromatic N) is 1. The highest BCUT2D eigenvalue weighted by atomic mass is 35.5. The van der Waals surface area contributed by atoms with E-state index in [-0.39, 0.29) is 5.91 Å². The Hall–Kier alpha value is -1.85. The molecule has 0 fully saturated rings. The van der Waals surface area contributed by atoms with Crippen molar-refractivity contribution in [2.75, 3.05) is 20.4 Å². The van der Waals surface area contributed by atoms with Crippen molar-refractivity contribution >= 4 is 28.3 Å². The van der Waals surface area contributed by atoms with Gasteiger partial charge in [0.25, 0.3) is 5.91 Å². The van der Waals surface area contributed by atoms with E-state index in [0.29, 0.717) is 27.8 Å². The summed E-state index contributed by atoms with van der Waals surface area (Å²) >= 11 is 6.01. The Kier molecular flexibility index (Phi) is 5.80. The van der Waals surface area contributed by atoms with Crippen LogP contribution in [0.4, 0.5) is 0 Å². The molecule has 0 aromatic heterocycles. The van der Waals surface area contributed by atoms with E-state index in [4.69, 9.17) is 16.3 Å². The number of benzene rings is 2. The van der Waals surface area contributed by atoms with Crippen molar-refractivity contribution in [3.63, 3.8) is 0 Å². The van der Waals surface area contributed by atoms with E-state index in [1.54, 1.807) is 67.8 Å². The van der Waals surface area contributed by atoms with Crippen LogP contribution >= 0.6 is 11.6 Å². The Morgan fingerprint density at radius 1 is 1.22 bits per heavy atom. The number of methoxy groups -OCH3 is 1. The zero-order chi connectivity index (χ0) is 17.0. The molecule has 0 N–H and O–H groups in total. The van der Waals surface area contributed by atoms with Crippen LogP contribution in [-0.2, 0) is 17.3 Å². The number of hydrogen-bond donors (Lipinski definition) is 0. The van der Waals surface area contributed by atoms with Gasteiger partial charge in [-0.3, -0.25) is 9.00 Å². The Morgan fingerprint density at radius 3 is 2.43 bits per heavy atom. The van der Waals surface area contributed by atoms with Gasteiger partial charge in [0.2, 0.25) is 0 Å². The summed E-state index contributed by atoms with van der Waals surface area (Å²) < 4.78 is 16.7. The lowest BCUT2D eigenvalue weighted by molar-refractivity contribution is 0.0784. The number of carbonyl (C=O) groups is 1. The topological polar surface area (TPSA) is 46.6 Å². The van der Waals surface area contributed by atoms with Gasteiger partial charge in [0, 0.05) is 51.7 Å². The van der Waals surface area contributed by atoms with Crippen LogP contribution in [0.15, 0.2) is 47.4 Å². The number of rotatable bonds is 5. The molecule has 0 bridgehead atoms. The number of amides is 1. The van der Waals surface area contributed by atoms with E-state index in [2.05, 4.69) is 0 Å². The number of ether oxygens (including phenoxy) is 1. The highest BCUT2D eigenvalue weighted by Gasteiger charge is 2.14. The molecule has 0 spiro atoms. The normalized spacial score (nSPS) is 11.8. The van der Waals surface area contributed by atoms with Gasteiger partial charge in [0.1, 0.15) is 5.75 Å². The standard InChI is InChI=1S/C17H18ClNO3S/c1-19(11-13-10-14(18)6-9-16(13)22-2)17(20)12-4-7-15(8-5-12)23(3)21/h4-10H,11H2,1-3H3. The zero-order valence-corrected chi connectivity index (χ0v) is 14.8. The maximum Gasteiger partial charge on any atom is 0.253 e. The minimum atomic E-state index is -1.06. The fourth-order valence-corrected chi connectivity index (χ4v) is 2.92. The first-order valence-corrected chi connectivity index (χ1v) is 8.87. The van der Waals surface area contributed by atoms with Gasteiger partial charge in [-0.1, -0.05) is 11.6 Å². The van der Waals surface area contributed by atoms with E-state index >= 15 is 0 Å². The number of carbonyl (C=O) groups excluding carboxylic acids is 1. The fourth-order valence-electron chi connectivity index (χ4n) is 2.21. The average molecular weight is 352 g/mol. The fraction of sp³-hybridized carbons (Fsp3) is 0.235. The lowest BCUT2D eigenvalue weighted by Gasteiger charge is -2.19. The molecular formula is C17H18ClNO3S. The zero-order valence-electron chi connectivity index (χ0n) is 13.2. The SMILES string of the molecule is COc1ccc(Cl)cc1CN(C)C(=O)c1ccc(S(C)=O)cc1. The summed E-state index contributed by atoms with van der Waals surface area (Å²) in [6, 6.07) is 12.1. The van der Waals surface area contributed by atoms with Crippen LogP contribution in [0.3, 0.4) is 0 Å². The maximum absolute atomic E-state index is 12.5. The summed E-state index contributed by atoms with van der Waals surface area (Å²) in [4.78, 5) is 14.8. The van der Waals surface area contributed by atoms with E-state index in [1.165, 1.54) is 0 Å². The van der Waals surface area contributed by atoms with Gasteiger partial charge in [-0.25, -0.2) is 0 Å². The lowest BCUT2D eigenvalue weighted by Crippen LogP contribution is -2.26. The van der Waals surface area contributed by atoms with Gasteiger partial charge in [0.05, 0.1) is 7.11 Å². The van der Waals surface area contributed by atoms with Crippen molar-refractivity contribution < 1.29 is 13.7 Å². The molecule has 4 nitrogen and oxygen atoms in total. The molecule has 1 atom stereocenters. The molecule has 0 aliphatic rings. The molecular weight excluding hydrogens is 334 g/mol. The van der Waals surface area contributed by atoms with Gasteiger partial charge >= 0.3 is 0 Å². The van der Waals surface area contributed by atoms with Crippen LogP contribution in [0.5, 0.6) is 5.75 Å². The van der Waals surface area contributed by atoms with E-state index in [1.807, 2.05) is 0 Å². The highest BCUT2D eigenvalue weighted by Crippen LogP contribution is 2.24. The molecule has 0 heterocycles. The Bertz CT molecular complexity index is 731. The molecule has 23 heavy (non-hydrogen) atoms. The summed E-state index contributed by atoms with van der Waals surface area (Å²) in [5.74, 6) is 0.561. The first-order chi connectivity index (χ1) is 10.9. The van der Waals surface area contributed by atoms with Crippen molar-refractivity contribution in [1.29, 1.82) is 0 Å². The van der Waals surface area contributed by atoms with Crippen LogP contribution in [0.2, 0.25) is 5.02 Å². The number of hydrogen-bond acceptors (Lipinski definition) is 3. The second-order valence-corrected chi connectivity index (χ2v) is 6.91. The van der Waals surface area contributed by atoms with Crippen molar-refractivity contribution in [2.45, 2.75) is 11.4 Å². The molecule has 0 aliphatic heterocycles. The monoisotopic (exact) mass is 351 g/mol. The van der Waals surface area contributed by atoms with E-state index in [9.17, 15) is 9.00 Å². The summed E-state index contributed by atoms with van der Waals surface area (Å²) in [6.07, 6.45) is 1.61. The van der Waals surface area contributed by atoms with Gasteiger partial charge in [0.15, 0.2) is 0 Å². The molecule has 0 aliphatic carbocycles. The highest BCUT2D eigenvalue weighted by molar-refractivity contribution is 7.84. The smallest absolute Gasteiger partial charge is 0.253 e. The molecule has 0 saturated carbocycles. The minimum absolute atomic E-state index is 0.125. The Labute approximate surface area is 143 Å². The molecule has 2 rings (SSSR count). The van der Waals surface area contributed by atoms with Crippen LogP contribution in [-0.4, -0.2) is 35.4 Å². The molecule has 1 unspecified atom stereocenters. The lowest BCUT2D eigenvalue weighted by atomic mass is 10.1. The largest absolute Gasteiger partial charge is 0.496 e. The molecule has 6 heteroatoms. The summed E-state index contributed by atoms with van der Waals surface area (Å²) in [5, 5.41) is 0.594. The van der Waals surface area contributed by atoms with Gasteiger partial charge in [-0.2, -0.15) is 0 Å². The van der Waals surface area contributed by atoms with Crippen molar-refractivity contribution in [3.8, 4) is 5.75 Å². The average Bonchev–Trinajstić information content (AvgIpc) is 2.54. The summed E-state index contributed by atoms with van der Waals surface area (Å²) in [7, 11) is 2.24. The summed E-state index contributed by atoms with van der Waals surface area (Å²) in [5.41, 5.74) is 1.38. The van der Waals surface area contributed by atoms with Crippen LogP contribution in [0.25, 0.3) is 0 Å². The predicted molar refractivity (Wildman–Crippen MR) is 92.6 cm³/mol. The quantitative estimate of drug-likeness (QED) is 0.829. The molecule has 122 valence electrons. The van der Waals surface area contributed by atoms with Crippen LogP contribution in [0.1, 0.15) is 15.9 Å². The second-order valence-electron chi connectivity index (χ2n) is 5.10. The third-order valence-electron chi connectivity index (χ3n) is 3.43. The van der Waals surface area contributed by atoms with Gasteiger partial charge in [-0.15, -0.1) is 0 Å². The molecule has 1 amide bonds. The molecule has 2 aromatic rings. The first-order valence-electron chi connectivity index (χ1n) is 6.93. The van der Waals surface area contributed by atoms with E-state index < -0.39 is 10.8 Å². The number of halogens is 1. The summed E-state index contributed by atoms with van der Waals surface area (Å²) in [6.45, 7) is 0.379. The second kappa shape index (κ2) is 7.62. The van der Waals surface area contributed by atoms with Gasteiger partial charge in [-0.05, 0) is 42.5 Å². The van der Waals surface area contributed by atoms with Crippen molar-refractivity contribution in [3.05, 3.63) is 58.6 Å². The third kappa shape index (κ3) is 4.33. The van der Waals surface area contributed by atoms with Crippen molar-refractivity contribution in [2.24, 2.45) is 0 Å². The Morgan fingerprint density at radius 2 is 1.87 bits per heavy atom. The van der Waals surface area contributed by atoms with Gasteiger partial charge < -0.3 is 9.64 Å². The molecule has 2 aromatic carbocycles. The third-order valence-corrected chi connectivity index (χ3v) is 4.60. The molecule has 0 radical (unpaired) electrons. The van der Waals surface area contributed by atoms with Crippen LogP contribution < -0.4 is 4.74 Å². The maximum atomic E-state index is 12.5.